The highest BCUT2D eigenvalue weighted by Gasteiger charge is 2.52. The number of nitrogens with zero attached hydrogens (tertiary/aromatic N) is 1. The van der Waals surface area contributed by atoms with Crippen LogP contribution in [0.4, 0.5) is 4.39 Å². The molecule has 0 amide bonds. The van der Waals surface area contributed by atoms with Crippen LogP contribution in [0.5, 0.6) is 0 Å². The average Bonchev–Trinajstić information content (AvgIpc) is 2.61. The first-order valence-corrected chi connectivity index (χ1v) is 7.50. The molecule has 120 valence electrons. The van der Waals surface area contributed by atoms with E-state index in [4.69, 9.17) is 9.31 Å². The third-order valence-electron chi connectivity index (χ3n) is 4.37. The van der Waals surface area contributed by atoms with Crippen LogP contribution in [0.3, 0.4) is 0 Å². The molecule has 0 atom stereocenters. The zero-order chi connectivity index (χ0) is 16.5. The molecule has 4 nitrogen and oxygen atoms in total. The number of aromatic nitrogens is 1. The Balaban J connectivity index is 2.33. The number of hydrogen-bond acceptors (Lipinski definition) is 4. The van der Waals surface area contributed by atoms with Crippen molar-refractivity contribution in [2.75, 3.05) is 13.6 Å². The van der Waals surface area contributed by atoms with E-state index in [9.17, 15) is 4.39 Å². The Morgan fingerprint density at radius 3 is 2.36 bits per heavy atom. The van der Waals surface area contributed by atoms with Gasteiger partial charge in [0.25, 0.3) is 0 Å². The Labute approximate surface area is 132 Å². The Bertz CT molecular complexity index is 572. The minimum atomic E-state index is -0.472. The van der Waals surface area contributed by atoms with E-state index in [0.29, 0.717) is 12.2 Å². The molecule has 22 heavy (non-hydrogen) atoms. The van der Waals surface area contributed by atoms with E-state index in [1.807, 2.05) is 40.8 Å². The van der Waals surface area contributed by atoms with E-state index in [1.165, 1.54) is 6.07 Å². The highest BCUT2D eigenvalue weighted by atomic mass is 19.1. The summed E-state index contributed by atoms with van der Waals surface area (Å²) in [6.45, 7) is 10.5. The lowest BCUT2D eigenvalue weighted by Crippen LogP contribution is -2.41. The van der Waals surface area contributed by atoms with E-state index in [0.717, 1.165) is 11.0 Å². The quantitative estimate of drug-likeness (QED) is 0.686. The van der Waals surface area contributed by atoms with Gasteiger partial charge in [-0.3, -0.25) is 0 Å². The zero-order valence-corrected chi connectivity index (χ0v) is 14.2. The third kappa shape index (κ3) is 3.40. The van der Waals surface area contributed by atoms with Crippen LogP contribution in [0.1, 0.15) is 39.0 Å². The summed E-state index contributed by atoms with van der Waals surface area (Å²) in [5, 5.41) is 3.13. The van der Waals surface area contributed by atoms with Crippen LogP contribution in [0, 0.1) is 12.9 Å². The first-order valence-electron chi connectivity index (χ1n) is 7.50. The second-order valence-electron chi connectivity index (χ2n) is 6.65. The van der Waals surface area contributed by atoms with Gasteiger partial charge in [0.15, 0.2) is 0 Å². The maximum absolute atomic E-state index is 13.1. The number of nitrogens with one attached hydrogen (secondary N) is 1. The van der Waals surface area contributed by atoms with Crippen molar-refractivity contribution in [3.63, 3.8) is 0 Å². The fraction of sp³-hybridized carbons (Fsp3) is 0.562. The minimum absolute atomic E-state index is 0.388. The molecule has 1 saturated heterocycles. The summed E-state index contributed by atoms with van der Waals surface area (Å²) in [5.74, 6) is -0.472. The number of rotatable bonds is 4. The summed E-state index contributed by atoms with van der Waals surface area (Å²) >= 11 is 0. The van der Waals surface area contributed by atoms with Gasteiger partial charge in [0.05, 0.1) is 11.2 Å². The molecule has 0 radical (unpaired) electrons. The van der Waals surface area contributed by atoms with Crippen molar-refractivity contribution in [3.05, 3.63) is 34.8 Å². The topological polar surface area (TPSA) is 43.4 Å². The number of halogens is 1. The Hall–Kier alpha value is -1.24. The largest absolute Gasteiger partial charge is 0.491 e. The van der Waals surface area contributed by atoms with Crippen LogP contribution < -0.4 is 5.32 Å². The highest BCUT2D eigenvalue weighted by Crippen LogP contribution is 2.38. The SMILES string of the molecule is CNCC(=Cc1ccc(F)nc1C)B1OC(C)(C)C(C)(C)O1. The fourth-order valence-electron chi connectivity index (χ4n) is 2.29. The summed E-state index contributed by atoms with van der Waals surface area (Å²) in [6, 6.07) is 3.08. The summed E-state index contributed by atoms with van der Waals surface area (Å²) in [6.07, 6.45) is 1.96. The second-order valence-corrected chi connectivity index (χ2v) is 6.65. The molecule has 1 N–H and O–H groups in total. The van der Waals surface area contributed by atoms with Gasteiger partial charge < -0.3 is 14.6 Å². The molecule has 0 saturated carbocycles. The van der Waals surface area contributed by atoms with Gasteiger partial charge in [0, 0.05) is 12.2 Å². The fourth-order valence-corrected chi connectivity index (χ4v) is 2.29. The predicted molar refractivity (Wildman–Crippen MR) is 86.9 cm³/mol. The minimum Gasteiger partial charge on any atom is -0.400 e. The van der Waals surface area contributed by atoms with Crippen molar-refractivity contribution < 1.29 is 13.7 Å². The lowest BCUT2D eigenvalue weighted by Gasteiger charge is -2.32. The van der Waals surface area contributed by atoms with Gasteiger partial charge in [0.1, 0.15) is 0 Å². The lowest BCUT2D eigenvalue weighted by molar-refractivity contribution is 0.00578. The van der Waals surface area contributed by atoms with E-state index in [1.54, 1.807) is 13.0 Å². The molecule has 1 aliphatic heterocycles. The van der Waals surface area contributed by atoms with Crippen molar-refractivity contribution in [3.8, 4) is 0 Å². The van der Waals surface area contributed by atoms with Crippen LogP contribution >= 0.6 is 0 Å². The van der Waals surface area contributed by atoms with Gasteiger partial charge in [0.2, 0.25) is 5.95 Å². The summed E-state index contributed by atoms with van der Waals surface area (Å²) in [7, 11) is 1.44. The maximum Gasteiger partial charge on any atom is 0.491 e. The highest BCUT2D eigenvalue weighted by molar-refractivity contribution is 6.55. The Kier molecular flexibility index (Phi) is 4.75. The van der Waals surface area contributed by atoms with Gasteiger partial charge >= 0.3 is 7.12 Å². The average molecular weight is 306 g/mol. The molecule has 0 aromatic carbocycles. The standard InChI is InChI=1S/C16H24BFN2O2/c1-11-12(7-8-14(18)20-11)9-13(10-19-6)17-21-15(2,3)16(4,5)22-17/h7-9,19H,10H2,1-6H3. The first-order chi connectivity index (χ1) is 10.2. The molecular formula is C16H24BFN2O2. The van der Waals surface area contributed by atoms with Gasteiger partial charge in [-0.1, -0.05) is 6.08 Å². The van der Waals surface area contributed by atoms with E-state index in [2.05, 4.69) is 10.3 Å². The number of aryl methyl sites for hydroxylation is 1. The number of pyridine rings is 1. The zero-order valence-electron chi connectivity index (χ0n) is 14.2. The summed E-state index contributed by atoms with van der Waals surface area (Å²) < 4.78 is 25.3. The Morgan fingerprint density at radius 2 is 1.86 bits per heavy atom. The molecule has 0 bridgehead atoms. The molecule has 1 aromatic rings. The summed E-state index contributed by atoms with van der Waals surface area (Å²) in [4.78, 5) is 3.86. The third-order valence-corrected chi connectivity index (χ3v) is 4.37. The van der Waals surface area contributed by atoms with Gasteiger partial charge in [-0.05, 0) is 64.8 Å². The van der Waals surface area contributed by atoms with Crippen molar-refractivity contribution in [2.24, 2.45) is 0 Å². The van der Waals surface area contributed by atoms with Crippen molar-refractivity contribution in [2.45, 2.75) is 45.8 Å². The monoisotopic (exact) mass is 306 g/mol. The number of likely N-dealkylation sites (N-methyl/N-ethyl adjacent to an activating group) is 1. The molecule has 1 aromatic heterocycles. The van der Waals surface area contributed by atoms with Crippen LogP contribution in [0.15, 0.2) is 17.6 Å². The van der Waals surface area contributed by atoms with Gasteiger partial charge in [-0.25, -0.2) is 4.98 Å². The molecule has 2 heterocycles. The molecule has 1 fully saturated rings. The van der Waals surface area contributed by atoms with Crippen molar-refractivity contribution in [1.82, 2.24) is 10.3 Å². The van der Waals surface area contributed by atoms with Gasteiger partial charge in [-0.2, -0.15) is 4.39 Å². The van der Waals surface area contributed by atoms with Crippen molar-refractivity contribution >= 4 is 13.2 Å². The molecule has 6 heteroatoms. The molecule has 0 aliphatic carbocycles. The smallest absolute Gasteiger partial charge is 0.400 e. The predicted octanol–water partition coefficient (Wildman–Crippen LogP) is 2.76. The van der Waals surface area contributed by atoms with Gasteiger partial charge in [-0.15, -0.1) is 0 Å². The van der Waals surface area contributed by atoms with E-state index in [-0.39, 0.29) is 11.2 Å². The molecule has 1 aliphatic rings. The van der Waals surface area contributed by atoms with Crippen molar-refractivity contribution in [1.29, 1.82) is 0 Å². The normalized spacial score (nSPS) is 20.5. The summed E-state index contributed by atoms with van der Waals surface area (Å²) in [5.41, 5.74) is 1.69. The van der Waals surface area contributed by atoms with E-state index < -0.39 is 13.1 Å². The van der Waals surface area contributed by atoms with Crippen LogP contribution in [0.25, 0.3) is 6.08 Å². The molecular weight excluding hydrogens is 282 g/mol. The van der Waals surface area contributed by atoms with Crippen LogP contribution in [-0.2, 0) is 9.31 Å². The maximum atomic E-state index is 13.1. The second kappa shape index (κ2) is 6.10. The van der Waals surface area contributed by atoms with Crippen LogP contribution in [-0.4, -0.2) is 36.9 Å². The van der Waals surface area contributed by atoms with E-state index >= 15 is 0 Å². The van der Waals surface area contributed by atoms with Crippen LogP contribution in [0.2, 0.25) is 0 Å². The molecule has 2 rings (SSSR count). The lowest BCUT2D eigenvalue weighted by atomic mass is 9.77. The Morgan fingerprint density at radius 1 is 1.27 bits per heavy atom. The molecule has 0 unspecified atom stereocenters. The number of hydrogen-bond donors (Lipinski definition) is 1. The molecule has 0 spiro atoms. The first kappa shape index (κ1) is 17.1.